The number of aromatic nitrogens is 1. The summed E-state index contributed by atoms with van der Waals surface area (Å²) in [5.74, 6) is 0.288. The van der Waals surface area contributed by atoms with Crippen LogP contribution >= 0.6 is 11.3 Å². The van der Waals surface area contributed by atoms with E-state index in [1.54, 1.807) is 4.57 Å². The predicted octanol–water partition coefficient (Wildman–Crippen LogP) is 2.43. The van der Waals surface area contributed by atoms with Gasteiger partial charge in [-0.05, 0) is 38.0 Å². The number of hydrogen-bond acceptors (Lipinski definition) is 3. The van der Waals surface area contributed by atoms with E-state index in [2.05, 4.69) is 5.32 Å². The van der Waals surface area contributed by atoms with E-state index in [1.165, 1.54) is 11.3 Å². The van der Waals surface area contributed by atoms with Crippen LogP contribution in [0.25, 0.3) is 10.2 Å². The van der Waals surface area contributed by atoms with Crippen molar-refractivity contribution >= 4 is 33.1 Å². The second-order valence-corrected chi connectivity index (χ2v) is 5.55. The average Bonchev–Trinajstić information content (AvgIpc) is 3.12. The van der Waals surface area contributed by atoms with Crippen molar-refractivity contribution in [3.63, 3.8) is 0 Å². The Bertz CT molecular complexity index is 667. The lowest BCUT2D eigenvalue weighted by Crippen LogP contribution is -2.13. The first-order chi connectivity index (χ1) is 8.69. The summed E-state index contributed by atoms with van der Waals surface area (Å²) in [4.78, 5) is 23.4. The minimum absolute atomic E-state index is 0.0539. The highest BCUT2D eigenvalue weighted by Crippen LogP contribution is 2.30. The van der Waals surface area contributed by atoms with Crippen LogP contribution in [0.3, 0.4) is 0 Å². The number of amides is 1. The number of aryl methyl sites for hydroxylation is 1. The van der Waals surface area contributed by atoms with Crippen LogP contribution in [-0.2, 0) is 11.3 Å². The average molecular weight is 262 g/mol. The Balaban J connectivity index is 1.95. The third-order valence-corrected chi connectivity index (χ3v) is 4.14. The second kappa shape index (κ2) is 4.24. The highest BCUT2D eigenvalue weighted by Gasteiger charge is 2.29. The quantitative estimate of drug-likeness (QED) is 0.923. The Kier molecular flexibility index (Phi) is 2.70. The Morgan fingerprint density at radius 1 is 1.50 bits per heavy atom. The minimum Gasteiger partial charge on any atom is -0.326 e. The molecule has 0 saturated heterocycles. The lowest BCUT2D eigenvalue weighted by atomic mass is 10.2. The third-order valence-electron chi connectivity index (χ3n) is 3.20. The molecule has 0 aliphatic heterocycles. The number of nitrogens with one attached hydrogen (secondary N) is 1. The molecule has 1 aromatic heterocycles. The van der Waals surface area contributed by atoms with Crippen molar-refractivity contribution in [2.75, 3.05) is 5.32 Å². The molecule has 94 valence electrons. The molecule has 0 radical (unpaired) electrons. The highest BCUT2D eigenvalue weighted by atomic mass is 32.1. The number of hydrogen-bond donors (Lipinski definition) is 1. The van der Waals surface area contributed by atoms with E-state index in [-0.39, 0.29) is 16.7 Å². The fraction of sp³-hybridized carbons (Fsp3) is 0.385. The SMILES string of the molecule is CCn1c(=O)sc2cc(NC(=O)C3CC3)ccc21. The standard InChI is InChI=1S/C13H14N2O2S/c1-2-15-10-6-5-9(7-11(10)18-13(15)17)14-12(16)8-3-4-8/h5-8H,2-4H2,1H3,(H,14,16). The second-order valence-electron chi connectivity index (χ2n) is 4.56. The highest BCUT2D eigenvalue weighted by molar-refractivity contribution is 7.16. The maximum absolute atomic E-state index is 11.7. The van der Waals surface area contributed by atoms with Crippen LogP contribution in [0, 0.1) is 5.92 Å². The molecule has 0 unspecified atom stereocenters. The zero-order chi connectivity index (χ0) is 12.7. The van der Waals surface area contributed by atoms with Crippen LogP contribution in [-0.4, -0.2) is 10.5 Å². The van der Waals surface area contributed by atoms with Gasteiger partial charge in [0.15, 0.2) is 0 Å². The molecule has 2 aromatic rings. The topological polar surface area (TPSA) is 51.1 Å². The van der Waals surface area contributed by atoms with Gasteiger partial charge < -0.3 is 5.32 Å². The van der Waals surface area contributed by atoms with Crippen molar-refractivity contribution in [2.24, 2.45) is 5.92 Å². The van der Waals surface area contributed by atoms with Gasteiger partial charge in [-0.3, -0.25) is 14.2 Å². The van der Waals surface area contributed by atoms with Gasteiger partial charge in [0.2, 0.25) is 5.91 Å². The molecule has 4 nitrogen and oxygen atoms in total. The molecule has 1 saturated carbocycles. The molecule has 1 aliphatic rings. The minimum atomic E-state index is 0.0539. The van der Waals surface area contributed by atoms with Gasteiger partial charge >= 0.3 is 4.87 Å². The van der Waals surface area contributed by atoms with Crippen molar-refractivity contribution in [3.8, 4) is 0 Å². The van der Waals surface area contributed by atoms with E-state index >= 15 is 0 Å². The molecule has 0 spiro atoms. The van der Waals surface area contributed by atoms with Crippen LogP contribution in [0.2, 0.25) is 0 Å². The number of benzene rings is 1. The van der Waals surface area contributed by atoms with Crippen LogP contribution in [0.4, 0.5) is 5.69 Å². The number of carbonyl (C=O) groups is 1. The summed E-state index contributed by atoms with van der Waals surface area (Å²) in [7, 11) is 0. The number of rotatable bonds is 3. The maximum Gasteiger partial charge on any atom is 0.308 e. The van der Waals surface area contributed by atoms with E-state index in [0.717, 1.165) is 28.7 Å². The van der Waals surface area contributed by atoms with Gasteiger partial charge in [-0.1, -0.05) is 11.3 Å². The van der Waals surface area contributed by atoms with Gasteiger partial charge in [-0.2, -0.15) is 0 Å². The van der Waals surface area contributed by atoms with Crippen molar-refractivity contribution < 1.29 is 4.79 Å². The van der Waals surface area contributed by atoms with Crippen molar-refractivity contribution in [1.29, 1.82) is 0 Å². The van der Waals surface area contributed by atoms with E-state index in [0.29, 0.717) is 6.54 Å². The first kappa shape index (κ1) is 11.5. The van der Waals surface area contributed by atoms with Crippen LogP contribution in [0.5, 0.6) is 0 Å². The van der Waals surface area contributed by atoms with Crippen molar-refractivity contribution in [3.05, 3.63) is 27.9 Å². The molecule has 1 aromatic carbocycles. The fourth-order valence-electron chi connectivity index (χ4n) is 2.03. The molecule has 1 heterocycles. The smallest absolute Gasteiger partial charge is 0.308 e. The molecule has 1 fully saturated rings. The normalized spacial score (nSPS) is 14.9. The van der Waals surface area contributed by atoms with Crippen LogP contribution in [0.15, 0.2) is 23.0 Å². The first-order valence-electron chi connectivity index (χ1n) is 6.13. The van der Waals surface area contributed by atoms with Gasteiger partial charge in [0.1, 0.15) is 0 Å². The molecule has 5 heteroatoms. The number of anilines is 1. The van der Waals surface area contributed by atoms with E-state index in [4.69, 9.17) is 0 Å². The molecule has 1 N–H and O–H groups in total. The summed E-state index contributed by atoms with van der Waals surface area (Å²) in [6, 6.07) is 5.65. The lowest BCUT2D eigenvalue weighted by Gasteiger charge is -2.04. The number of carbonyl (C=O) groups excluding carboxylic acids is 1. The molecule has 0 bridgehead atoms. The van der Waals surface area contributed by atoms with Gasteiger partial charge in [0, 0.05) is 18.2 Å². The van der Waals surface area contributed by atoms with Gasteiger partial charge in [0.25, 0.3) is 0 Å². The first-order valence-corrected chi connectivity index (χ1v) is 6.95. The molecule has 0 atom stereocenters. The monoisotopic (exact) mass is 262 g/mol. The van der Waals surface area contributed by atoms with E-state index in [1.807, 2.05) is 25.1 Å². The summed E-state index contributed by atoms with van der Waals surface area (Å²) < 4.78 is 2.67. The Morgan fingerprint density at radius 2 is 2.28 bits per heavy atom. The van der Waals surface area contributed by atoms with Crippen molar-refractivity contribution in [2.45, 2.75) is 26.3 Å². The van der Waals surface area contributed by atoms with E-state index < -0.39 is 0 Å². The molecule has 1 amide bonds. The molecule has 18 heavy (non-hydrogen) atoms. The summed E-state index contributed by atoms with van der Waals surface area (Å²) in [5.41, 5.74) is 1.72. The summed E-state index contributed by atoms with van der Waals surface area (Å²) in [6.45, 7) is 2.63. The Labute approximate surface area is 108 Å². The summed E-state index contributed by atoms with van der Waals surface area (Å²) in [5, 5.41) is 2.90. The van der Waals surface area contributed by atoms with Gasteiger partial charge in [0.05, 0.1) is 10.2 Å². The predicted molar refractivity (Wildman–Crippen MR) is 73.1 cm³/mol. The third kappa shape index (κ3) is 1.95. The van der Waals surface area contributed by atoms with Crippen LogP contribution in [0.1, 0.15) is 19.8 Å². The van der Waals surface area contributed by atoms with Crippen LogP contribution < -0.4 is 10.2 Å². The van der Waals surface area contributed by atoms with E-state index in [9.17, 15) is 9.59 Å². The zero-order valence-corrected chi connectivity index (χ0v) is 10.9. The Morgan fingerprint density at radius 3 is 2.94 bits per heavy atom. The van der Waals surface area contributed by atoms with Crippen molar-refractivity contribution in [1.82, 2.24) is 4.57 Å². The maximum atomic E-state index is 11.7. The molecular weight excluding hydrogens is 248 g/mol. The summed E-state index contributed by atoms with van der Waals surface area (Å²) >= 11 is 1.22. The lowest BCUT2D eigenvalue weighted by molar-refractivity contribution is -0.117. The molecular formula is C13H14N2O2S. The zero-order valence-electron chi connectivity index (χ0n) is 10.1. The van der Waals surface area contributed by atoms with Gasteiger partial charge in [-0.25, -0.2) is 0 Å². The summed E-state index contributed by atoms with van der Waals surface area (Å²) in [6.07, 6.45) is 1.99. The number of thiazole rings is 1. The van der Waals surface area contributed by atoms with Gasteiger partial charge in [-0.15, -0.1) is 0 Å². The fourth-order valence-corrected chi connectivity index (χ4v) is 3.03. The number of nitrogens with zero attached hydrogens (tertiary/aromatic N) is 1. The largest absolute Gasteiger partial charge is 0.326 e. The molecule has 3 rings (SSSR count). The number of fused-ring (bicyclic) bond motifs is 1. The molecule has 1 aliphatic carbocycles. The Hall–Kier alpha value is -1.62.